The van der Waals surface area contributed by atoms with E-state index in [1.54, 1.807) is 0 Å². The molecule has 0 bridgehead atoms. The quantitative estimate of drug-likeness (QED) is 0.660. The Labute approximate surface area is 122 Å². The minimum atomic E-state index is 0.244. The number of hydrogen-bond donors (Lipinski definition) is 0. The smallest absolute Gasteiger partial charge is 0.101 e. The number of hydrogen-bond acceptors (Lipinski definition) is 1. The normalized spacial score (nSPS) is 15.9. The lowest BCUT2D eigenvalue weighted by molar-refractivity contribution is -0.913. The fraction of sp³-hybridized carbons (Fsp3) is 1.00. The van der Waals surface area contributed by atoms with Crippen molar-refractivity contribution in [2.75, 3.05) is 33.7 Å². The summed E-state index contributed by atoms with van der Waals surface area (Å²) < 4.78 is 1.12. The fourth-order valence-corrected chi connectivity index (χ4v) is 2.51. The number of likely N-dealkylation sites (N-methyl/N-ethyl adjacent to an activating group) is 1. The molecular formula is C17H39N2+. The monoisotopic (exact) mass is 271 g/mol. The molecule has 1 atom stereocenters. The summed E-state index contributed by atoms with van der Waals surface area (Å²) in [6, 6.07) is 0.714. The van der Waals surface area contributed by atoms with E-state index >= 15 is 0 Å². The van der Waals surface area contributed by atoms with E-state index in [0.29, 0.717) is 11.5 Å². The van der Waals surface area contributed by atoms with Gasteiger partial charge >= 0.3 is 0 Å². The van der Waals surface area contributed by atoms with Crippen molar-refractivity contribution in [1.82, 2.24) is 4.90 Å². The zero-order valence-electron chi connectivity index (χ0n) is 15.3. The Balaban J connectivity index is 5.00. The van der Waals surface area contributed by atoms with E-state index < -0.39 is 0 Å². The molecule has 0 aliphatic heterocycles. The van der Waals surface area contributed by atoms with E-state index in [-0.39, 0.29) is 5.54 Å². The minimum Gasteiger partial charge on any atom is -0.325 e. The molecule has 0 aliphatic rings. The van der Waals surface area contributed by atoms with Gasteiger partial charge in [-0.3, -0.25) is 4.90 Å². The minimum absolute atomic E-state index is 0.244. The third-order valence-electron chi connectivity index (χ3n) is 4.32. The van der Waals surface area contributed by atoms with Crippen molar-refractivity contribution < 1.29 is 4.48 Å². The van der Waals surface area contributed by atoms with E-state index in [4.69, 9.17) is 0 Å². The topological polar surface area (TPSA) is 3.24 Å². The summed E-state index contributed by atoms with van der Waals surface area (Å²) in [5, 5.41) is 0. The van der Waals surface area contributed by atoms with Crippen molar-refractivity contribution in [1.29, 1.82) is 0 Å². The zero-order chi connectivity index (χ0) is 15.5. The molecule has 0 aromatic heterocycles. The van der Waals surface area contributed by atoms with Crippen LogP contribution in [0, 0.1) is 5.41 Å². The third kappa shape index (κ3) is 6.76. The van der Waals surface area contributed by atoms with E-state index in [1.165, 1.54) is 19.5 Å². The van der Waals surface area contributed by atoms with Gasteiger partial charge in [-0.2, -0.15) is 0 Å². The molecule has 0 saturated carbocycles. The van der Waals surface area contributed by atoms with Crippen LogP contribution < -0.4 is 0 Å². The van der Waals surface area contributed by atoms with Gasteiger partial charge < -0.3 is 4.48 Å². The van der Waals surface area contributed by atoms with Gasteiger partial charge in [0.05, 0.1) is 27.2 Å². The van der Waals surface area contributed by atoms with Crippen LogP contribution in [0.25, 0.3) is 0 Å². The maximum absolute atomic E-state index is 2.68. The molecule has 0 heterocycles. The standard InChI is InChI=1S/C17H39N2/c1-11-15(19(9,10)12-2)13-18(17(6,7)8)14-16(3,4)5/h15H,11-14H2,1-10H3/q+1. The summed E-state index contributed by atoms with van der Waals surface area (Å²) in [7, 11) is 4.73. The highest BCUT2D eigenvalue weighted by Crippen LogP contribution is 2.24. The van der Waals surface area contributed by atoms with E-state index in [2.05, 4.69) is 74.4 Å². The van der Waals surface area contributed by atoms with Crippen LogP contribution in [0.15, 0.2) is 0 Å². The fourth-order valence-electron chi connectivity index (χ4n) is 2.51. The maximum atomic E-state index is 2.68. The summed E-state index contributed by atoms with van der Waals surface area (Å²) in [5.74, 6) is 0. The first-order chi connectivity index (χ1) is 8.33. The van der Waals surface area contributed by atoms with Crippen LogP contribution in [0.4, 0.5) is 0 Å². The average molecular weight is 272 g/mol. The Bertz CT molecular complexity index is 255. The van der Waals surface area contributed by atoms with Crippen LogP contribution in [0.2, 0.25) is 0 Å². The lowest BCUT2D eigenvalue weighted by atomic mass is 9.92. The predicted molar refractivity (Wildman–Crippen MR) is 87.5 cm³/mol. The second-order valence-corrected chi connectivity index (χ2v) is 8.77. The SMILES string of the molecule is CCC(CN(CC(C)(C)C)C(C)(C)C)[N+](C)(C)CC. The molecule has 0 N–H and O–H groups in total. The van der Waals surface area contributed by atoms with Crippen molar-refractivity contribution in [3.05, 3.63) is 0 Å². The number of quaternary nitrogens is 1. The molecule has 0 aliphatic carbocycles. The van der Waals surface area contributed by atoms with Crippen molar-refractivity contribution >= 4 is 0 Å². The van der Waals surface area contributed by atoms with Crippen LogP contribution in [0.5, 0.6) is 0 Å². The van der Waals surface area contributed by atoms with Gasteiger partial charge in [-0.05, 0) is 39.5 Å². The molecule has 1 unspecified atom stereocenters. The largest absolute Gasteiger partial charge is 0.325 e. The molecule has 19 heavy (non-hydrogen) atoms. The summed E-state index contributed by atoms with van der Waals surface area (Å²) in [5.41, 5.74) is 0.601. The average Bonchev–Trinajstić information content (AvgIpc) is 2.20. The van der Waals surface area contributed by atoms with Crippen molar-refractivity contribution in [3.63, 3.8) is 0 Å². The molecule has 0 amide bonds. The van der Waals surface area contributed by atoms with Gasteiger partial charge in [-0.15, -0.1) is 0 Å². The highest BCUT2D eigenvalue weighted by atomic mass is 15.4. The highest BCUT2D eigenvalue weighted by Gasteiger charge is 2.33. The molecule has 116 valence electrons. The zero-order valence-corrected chi connectivity index (χ0v) is 15.3. The van der Waals surface area contributed by atoms with Gasteiger partial charge in [0, 0.05) is 12.1 Å². The van der Waals surface area contributed by atoms with Crippen LogP contribution >= 0.6 is 0 Å². The summed E-state index contributed by atoms with van der Waals surface area (Å²) >= 11 is 0. The van der Waals surface area contributed by atoms with Crippen LogP contribution in [0.3, 0.4) is 0 Å². The van der Waals surface area contributed by atoms with Crippen molar-refractivity contribution in [2.24, 2.45) is 5.41 Å². The molecule has 0 aromatic rings. The molecule has 0 spiro atoms. The Morgan fingerprint density at radius 3 is 1.68 bits per heavy atom. The van der Waals surface area contributed by atoms with Crippen molar-refractivity contribution in [2.45, 2.75) is 73.4 Å². The van der Waals surface area contributed by atoms with Gasteiger partial charge in [0.2, 0.25) is 0 Å². The summed E-state index contributed by atoms with van der Waals surface area (Å²) in [4.78, 5) is 2.68. The summed E-state index contributed by atoms with van der Waals surface area (Å²) in [6.45, 7) is 22.2. The maximum Gasteiger partial charge on any atom is 0.101 e. The Morgan fingerprint density at radius 2 is 1.42 bits per heavy atom. The molecule has 0 saturated heterocycles. The lowest BCUT2D eigenvalue weighted by Gasteiger charge is -2.45. The van der Waals surface area contributed by atoms with Gasteiger partial charge in [-0.1, -0.05) is 27.7 Å². The Kier molecular flexibility index (Phi) is 6.55. The first-order valence-electron chi connectivity index (χ1n) is 7.91. The summed E-state index contributed by atoms with van der Waals surface area (Å²) in [6.07, 6.45) is 1.25. The second kappa shape index (κ2) is 6.58. The van der Waals surface area contributed by atoms with Gasteiger partial charge in [0.15, 0.2) is 0 Å². The lowest BCUT2D eigenvalue weighted by Crippen LogP contribution is -2.57. The highest BCUT2D eigenvalue weighted by molar-refractivity contribution is 4.82. The van der Waals surface area contributed by atoms with E-state index in [9.17, 15) is 0 Å². The second-order valence-electron chi connectivity index (χ2n) is 8.77. The molecule has 0 radical (unpaired) electrons. The molecule has 0 rings (SSSR count). The van der Waals surface area contributed by atoms with Gasteiger partial charge in [0.25, 0.3) is 0 Å². The molecule has 0 fully saturated rings. The Morgan fingerprint density at radius 1 is 0.947 bits per heavy atom. The first-order valence-corrected chi connectivity index (χ1v) is 7.91. The van der Waals surface area contributed by atoms with E-state index in [1.807, 2.05) is 0 Å². The van der Waals surface area contributed by atoms with Gasteiger partial charge in [0.1, 0.15) is 6.04 Å². The number of rotatable bonds is 6. The van der Waals surface area contributed by atoms with Crippen LogP contribution in [0.1, 0.15) is 61.8 Å². The molecular weight excluding hydrogens is 232 g/mol. The predicted octanol–water partition coefficient (Wildman–Crippen LogP) is 4.01. The molecule has 2 nitrogen and oxygen atoms in total. The van der Waals surface area contributed by atoms with Crippen LogP contribution in [-0.4, -0.2) is 54.7 Å². The molecule has 2 heteroatoms. The van der Waals surface area contributed by atoms with Crippen molar-refractivity contribution in [3.8, 4) is 0 Å². The van der Waals surface area contributed by atoms with E-state index in [0.717, 1.165) is 11.0 Å². The first kappa shape index (κ1) is 18.9. The number of nitrogens with zero attached hydrogens (tertiary/aromatic N) is 2. The Hall–Kier alpha value is -0.0800. The third-order valence-corrected chi connectivity index (χ3v) is 4.32. The van der Waals surface area contributed by atoms with Gasteiger partial charge in [-0.25, -0.2) is 0 Å². The molecule has 0 aromatic carbocycles. The van der Waals surface area contributed by atoms with Crippen LogP contribution in [-0.2, 0) is 0 Å².